The summed E-state index contributed by atoms with van der Waals surface area (Å²) in [5.74, 6) is 0.326. The quantitative estimate of drug-likeness (QED) is 0.639. The average Bonchev–Trinajstić information content (AvgIpc) is 2.91. The summed E-state index contributed by atoms with van der Waals surface area (Å²) in [5.41, 5.74) is 3.76. The molecule has 0 fully saturated rings. The summed E-state index contributed by atoms with van der Waals surface area (Å²) < 4.78 is 8.40. The van der Waals surface area contributed by atoms with Crippen LogP contribution in [0.1, 0.15) is 16.8 Å². The summed E-state index contributed by atoms with van der Waals surface area (Å²) in [6, 6.07) is 9.83. The monoisotopic (exact) mass is 416 g/mol. The highest BCUT2D eigenvalue weighted by Crippen LogP contribution is 2.27. The molecule has 0 saturated heterocycles. The summed E-state index contributed by atoms with van der Waals surface area (Å²) in [4.78, 5) is 18.6. The van der Waals surface area contributed by atoms with Crippen molar-refractivity contribution in [3.05, 3.63) is 51.6 Å². The first kappa shape index (κ1) is 18.4. The van der Waals surface area contributed by atoms with Crippen LogP contribution in [-0.2, 0) is 18.4 Å². The first-order chi connectivity index (χ1) is 12.4. The van der Waals surface area contributed by atoms with E-state index < -0.39 is 0 Å². The van der Waals surface area contributed by atoms with Crippen LogP contribution in [0.5, 0.6) is 5.88 Å². The van der Waals surface area contributed by atoms with Gasteiger partial charge in [-0.05, 0) is 37.1 Å². The van der Waals surface area contributed by atoms with Crippen LogP contribution in [0.15, 0.2) is 34.8 Å². The number of amides is 1. The molecule has 0 radical (unpaired) electrons. The maximum atomic E-state index is 12.4. The van der Waals surface area contributed by atoms with E-state index >= 15 is 0 Å². The molecule has 1 aromatic carbocycles. The Bertz CT molecular complexity index is 968. The molecule has 0 saturated carbocycles. The van der Waals surface area contributed by atoms with Crippen molar-refractivity contribution in [2.75, 3.05) is 13.7 Å². The molecule has 0 aliphatic heterocycles. The van der Waals surface area contributed by atoms with Gasteiger partial charge in [-0.15, -0.1) is 5.10 Å². The summed E-state index contributed by atoms with van der Waals surface area (Å²) in [6.45, 7) is 4.37. The molecule has 26 heavy (non-hydrogen) atoms. The van der Waals surface area contributed by atoms with E-state index in [-0.39, 0.29) is 12.5 Å². The number of likely N-dealkylation sites (N-methyl/N-ethyl adjacent to an activating group) is 1. The number of hydrogen-bond donors (Lipinski definition) is 0. The second-order valence-corrected chi connectivity index (χ2v) is 7.19. The Hall–Kier alpha value is -2.41. The van der Waals surface area contributed by atoms with Crippen LogP contribution in [0.25, 0.3) is 11.0 Å². The summed E-state index contributed by atoms with van der Waals surface area (Å²) >= 11 is 3.50. The number of aromatic nitrogens is 3. The fourth-order valence-electron chi connectivity index (χ4n) is 2.86. The van der Waals surface area contributed by atoms with Gasteiger partial charge in [-0.3, -0.25) is 4.79 Å². The Labute approximate surface area is 160 Å². The van der Waals surface area contributed by atoms with Gasteiger partial charge in [0, 0.05) is 30.8 Å². The molecule has 0 unspecified atom stereocenters. The van der Waals surface area contributed by atoms with Crippen molar-refractivity contribution in [3.63, 3.8) is 0 Å². The van der Waals surface area contributed by atoms with Crippen LogP contribution in [0, 0.1) is 13.8 Å². The van der Waals surface area contributed by atoms with Gasteiger partial charge in [0.1, 0.15) is 0 Å². The lowest BCUT2D eigenvalue weighted by Crippen LogP contribution is -2.31. The van der Waals surface area contributed by atoms with E-state index in [1.807, 2.05) is 51.2 Å². The molecule has 1 amide bonds. The first-order valence-electron chi connectivity index (χ1n) is 8.28. The topological polar surface area (TPSA) is 60.2 Å². The third-order valence-electron chi connectivity index (χ3n) is 4.21. The van der Waals surface area contributed by atoms with Crippen molar-refractivity contribution in [1.29, 1.82) is 0 Å². The number of aryl methyl sites for hydroxylation is 3. The summed E-state index contributed by atoms with van der Waals surface area (Å²) in [7, 11) is 3.58. The normalized spacial score (nSPS) is 11.0. The predicted octanol–water partition coefficient (Wildman–Crippen LogP) is 3.39. The molecular formula is C19H21BrN4O2. The SMILES string of the molecule is Cc1cc(C)c2c(OCC(=O)N(C)Cc3ccccc3Br)nn(C)c2n1. The second kappa shape index (κ2) is 7.45. The Balaban J connectivity index is 1.72. The van der Waals surface area contributed by atoms with Gasteiger partial charge in [0.2, 0.25) is 5.88 Å². The molecule has 3 aromatic rings. The van der Waals surface area contributed by atoms with E-state index in [0.717, 1.165) is 32.3 Å². The Morgan fingerprint density at radius 2 is 2.04 bits per heavy atom. The average molecular weight is 417 g/mol. The fraction of sp³-hybridized carbons (Fsp3) is 0.316. The highest BCUT2D eigenvalue weighted by molar-refractivity contribution is 9.10. The van der Waals surface area contributed by atoms with E-state index in [1.54, 1.807) is 16.6 Å². The van der Waals surface area contributed by atoms with Crippen molar-refractivity contribution in [2.24, 2.45) is 7.05 Å². The lowest BCUT2D eigenvalue weighted by atomic mass is 10.2. The zero-order valence-electron chi connectivity index (χ0n) is 15.3. The van der Waals surface area contributed by atoms with E-state index in [2.05, 4.69) is 26.0 Å². The molecule has 0 aliphatic carbocycles. The van der Waals surface area contributed by atoms with Crippen molar-refractivity contribution in [2.45, 2.75) is 20.4 Å². The molecule has 0 atom stereocenters. The molecule has 0 spiro atoms. The number of carbonyl (C=O) groups excluding carboxylic acids is 1. The zero-order valence-corrected chi connectivity index (χ0v) is 16.9. The number of hydrogen-bond acceptors (Lipinski definition) is 4. The van der Waals surface area contributed by atoms with E-state index in [9.17, 15) is 4.79 Å². The minimum absolute atomic E-state index is 0.0691. The molecule has 2 aromatic heterocycles. The molecule has 0 aliphatic rings. The molecule has 2 heterocycles. The van der Waals surface area contributed by atoms with E-state index in [0.29, 0.717) is 12.4 Å². The highest BCUT2D eigenvalue weighted by atomic mass is 79.9. The fourth-order valence-corrected chi connectivity index (χ4v) is 3.27. The number of halogens is 1. The lowest BCUT2D eigenvalue weighted by molar-refractivity contribution is -0.132. The van der Waals surface area contributed by atoms with Crippen molar-refractivity contribution < 1.29 is 9.53 Å². The van der Waals surface area contributed by atoms with Crippen LogP contribution in [0.4, 0.5) is 0 Å². The van der Waals surface area contributed by atoms with Gasteiger partial charge in [0.25, 0.3) is 5.91 Å². The van der Waals surface area contributed by atoms with Gasteiger partial charge in [-0.2, -0.15) is 0 Å². The number of pyridine rings is 1. The van der Waals surface area contributed by atoms with Crippen molar-refractivity contribution in [3.8, 4) is 5.88 Å². The Morgan fingerprint density at radius 1 is 1.31 bits per heavy atom. The third kappa shape index (κ3) is 3.72. The third-order valence-corrected chi connectivity index (χ3v) is 4.98. The van der Waals surface area contributed by atoms with Crippen LogP contribution in [-0.4, -0.2) is 39.2 Å². The number of fused-ring (bicyclic) bond motifs is 1. The molecule has 7 heteroatoms. The van der Waals surface area contributed by atoms with Gasteiger partial charge in [0.15, 0.2) is 12.3 Å². The van der Waals surface area contributed by atoms with E-state index in [1.165, 1.54) is 0 Å². The predicted molar refractivity (Wildman–Crippen MR) is 104 cm³/mol. The minimum Gasteiger partial charge on any atom is -0.466 e. The Morgan fingerprint density at radius 3 is 2.77 bits per heavy atom. The van der Waals surface area contributed by atoms with Crippen molar-refractivity contribution in [1.82, 2.24) is 19.7 Å². The van der Waals surface area contributed by atoms with Gasteiger partial charge < -0.3 is 9.64 Å². The number of rotatable bonds is 5. The molecule has 0 N–H and O–H groups in total. The zero-order chi connectivity index (χ0) is 18.8. The summed E-state index contributed by atoms with van der Waals surface area (Å²) in [6.07, 6.45) is 0. The van der Waals surface area contributed by atoms with Gasteiger partial charge in [-0.25, -0.2) is 9.67 Å². The number of carbonyl (C=O) groups is 1. The molecular weight excluding hydrogens is 396 g/mol. The molecule has 3 rings (SSSR count). The van der Waals surface area contributed by atoms with Crippen molar-refractivity contribution >= 4 is 32.9 Å². The number of nitrogens with zero attached hydrogens (tertiary/aromatic N) is 4. The molecule has 0 bridgehead atoms. The van der Waals surface area contributed by atoms with Gasteiger partial charge in [0.05, 0.1) is 5.39 Å². The second-order valence-electron chi connectivity index (χ2n) is 6.34. The maximum Gasteiger partial charge on any atom is 0.260 e. The molecule has 6 nitrogen and oxygen atoms in total. The minimum atomic E-state index is -0.114. The largest absolute Gasteiger partial charge is 0.466 e. The Kier molecular flexibility index (Phi) is 5.27. The smallest absolute Gasteiger partial charge is 0.260 e. The number of ether oxygens (including phenoxy) is 1. The van der Waals surface area contributed by atoms with Gasteiger partial charge >= 0.3 is 0 Å². The molecule has 136 valence electrons. The number of benzene rings is 1. The van der Waals surface area contributed by atoms with Crippen LogP contribution in [0.3, 0.4) is 0 Å². The van der Waals surface area contributed by atoms with Crippen LogP contribution in [0.2, 0.25) is 0 Å². The van der Waals surface area contributed by atoms with Crippen LogP contribution < -0.4 is 4.74 Å². The lowest BCUT2D eigenvalue weighted by Gasteiger charge is -2.18. The maximum absolute atomic E-state index is 12.4. The summed E-state index contributed by atoms with van der Waals surface area (Å²) in [5, 5.41) is 5.22. The van der Waals surface area contributed by atoms with Gasteiger partial charge in [-0.1, -0.05) is 34.1 Å². The highest BCUT2D eigenvalue weighted by Gasteiger charge is 2.17. The van der Waals surface area contributed by atoms with Crippen LogP contribution >= 0.6 is 15.9 Å². The van der Waals surface area contributed by atoms with E-state index in [4.69, 9.17) is 4.74 Å². The first-order valence-corrected chi connectivity index (χ1v) is 9.07. The standard InChI is InChI=1S/C19H21BrN4O2/c1-12-9-13(2)21-18-17(12)19(22-24(18)4)26-11-16(25)23(3)10-14-7-5-6-8-15(14)20/h5-9H,10-11H2,1-4H3.